The average molecular weight is 180 g/mol. The summed E-state index contributed by atoms with van der Waals surface area (Å²) in [5.74, 6) is 0. The van der Waals surface area contributed by atoms with Crippen LogP contribution in [-0.4, -0.2) is 5.16 Å². The molecule has 0 aromatic heterocycles. The van der Waals surface area contributed by atoms with Gasteiger partial charge < -0.3 is 5.41 Å². The van der Waals surface area contributed by atoms with Crippen molar-refractivity contribution in [1.29, 1.82) is 0 Å². The number of hydrogen-bond acceptors (Lipinski definition) is 1. The van der Waals surface area contributed by atoms with Gasteiger partial charge in [-0.1, -0.05) is 12.2 Å². The Hall–Kier alpha value is 0.813. The molecule has 0 saturated heterocycles. The summed E-state index contributed by atoms with van der Waals surface area (Å²) in [7, 11) is 0. The Morgan fingerprint density at radius 2 is 1.60 bits per heavy atom. The van der Waals surface area contributed by atoms with Crippen molar-refractivity contribution in [2.24, 2.45) is 0 Å². The third kappa shape index (κ3) is 57.6. The fourth-order valence-electron chi connectivity index (χ4n) is 0. The monoisotopic (exact) mass is 179 g/mol. The van der Waals surface area contributed by atoms with Crippen LogP contribution in [0, 0.1) is 0 Å². The van der Waals surface area contributed by atoms with Gasteiger partial charge in [-0.15, -0.1) is 0 Å². The van der Waals surface area contributed by atoms with Gasteiger partial charge in [0.15, 0.2) is 0 Å². The van der Waals surface area contributed by atoms with Crippen molar-refractivity contribution in [2.75, 3.05) is 0 Å². The topological polar surface area (TPSA) is 22.3 Å². The van der Waals surface area contributed by atoms with Crippen LogP contribution < -0.4 is 0 Å². The number of rotatable bonds is 0. The summed E-state index contributed by atoms with van der Waals surface area (Å²) >= 11 is 3.70. The van der Waals surface area contributed by atoms with E-state index in [9.17, 15) is 0 Å². The van der Waals surface area contributed by atoms with E-state index >= 15 is 0 Å². The van der Waals surface area contributed by atoms with E-state index in [1.165, 1.54) is 5.16 Å². The molecule has 0 rings (SSSR count). The third-order valence-corrected chi connectivity index (χ3v) is 0. The van der Waals surface area contributed by atoms with Crippen molar-refractivity contribution in [1.82, 2.24) is 0 Å². The van der Waals surface area contributed by atoms with Crippen LogP contribution in [-0.2, 0) is 33.6 Å². The summed E-state index contributed by atoms with van der Waals surface area (Å²) < 4.78 is 0. The zero-order valence-electron chi connectivity index (χ0n) is 1.97. The smallest absolute Gasteiger partial charge is 0.753 e. The Morgan fingerprint density at radius 1 is 1.60 bits per heavy atom. The summed E-state index contributed by atoms with van der Waals surface area (Å²) in [6, 6.07) is 0. The van der Waals surface area contributed by atoms with Gasteiger partial charge in [-0.2, -0.15) is 5.16 Å². The van der Waals surface area contributed by atoms with Gasteiger partial charge in [0, 0.05) is 16.5 Å². The van der Waals surface area contributed by atoms with Crippen molar-refractivity contribution in [3.8, 4) is 0 Å². The van der Waals surface area contributed by atoms with Crippen molar-refractivity contribution in [3.05, 3.63) is 5.41 Å². The number of isothiocyanates is 1. The minimum absolute atomic E-state index is 0. The van der Waals surface area contributed by atoms with Gasteiger partial charge in [0.25, 0.3) is 0 Å². The first-order valence-electron chi connectivity index (χ1n) is 0.428. The number of hydrogen-bond donors (Lipinski definition) is 0. The number of thiocarbonyl (C=S) groups is 1. The molecule has 0 radical (unpaired) electrons. The molecule has 0 aromatic carbocycles. The van der Waals surface area contributed by atoms with Crippen LogP contribution in [0.25, 0.3) is 5.41 Å². The predicted octanol–water partition coefficient (Wildman–Crippen LogP) is 0.654. The second-order valence-electron chi connectivity index (χ2n) is 0.0913. The van der Waals surface area contributed by atoms with E-state index in [-0.39, 0.29) is 33.6 Å². The van der Waals surface area contributed by atoms with Crippen molar-refractivity contribution >= 4 is 17.4 Å². The fourth-order valence-corrected chi connectivity index (χ4v) is 0. The molecule has 0 bridgehead atoms. The molecule has 0 aliphatic heterocycles. The van der Waals surface area contributed by atoms with Crippen LogP contribution in [0.2, 0.25) is 0 Å². The van der Waals surface area contributed by atoms with Crippen LogP contribution in [0.15, 0.2) is 0 Å². The normalized spacial score (nSPS) is 1.60. The molecule has 0 unspecified atom stereocenters. The standard InChI is InChI=1S/CNS.Cu.Ni/c2-1-3;;/q-1;+1;. The molecule has 0 spiro atoms. The predicted molar refractivity (Wildman–Crippen MR) is 16.0 cm³/mol. The number of nitrogens with zero attached hydrogens (tertiary/aromatic N) is 1. The van der Waals surface area contributed by atoms with E-state index in [2.05, 4.69) is 12.2 Å². The molecular weight excluding hydrogens is 180 g/mol. The Bertz CT molecular complexity index is 32.6. The molecule has 5 heavy (non-hydrogen) atoms. The molecule has 0 aliphatic rings. The molecule has 0 N–H and O–H groups in total. The van der Waals surface area contributed by atoms with Gasteiger partial charge in [-0.3, -0.25) is 0 Å². The van der Waals surface area contributed by atoms with Crippen molar-refractivity contribution < 1.29 is 33.6 Å². The van der Waals surface area contributed by atoms with Crippen LogP contribution in [0.5, 0.6) is 0 Å². The first-order valence-corrected chi connectivity index (χ1v) is 0.836. The van der Waals surface area contributed by atoms with Crippen molar-refractivity contribution in [2.45, 2.75) is 0 Å². The zero-order chi connectivity index (χ0) is 2.71. The first kappa shape index (κ1) is 17.0. The maximum atomic E-state index is 7.13. The minimum Gasteiger partial charge on any atom is -0.753 e. The summed E-state index contributed by atoms with van der Waals surface area (Å²) in [5, 5.41) is 8.47. The molecule has 0 saturated carbocycles. The van der Waals surface area contributed by atoms with Gasteiger partial charge in [0.2, 0.25) is 0 Å². The molecule has 0 aliphatic carbocycles. The maximum absolute atomic E-state index is 7.13. The van der Waals surface area contributed by atoms with Crippen LogP contribution >= 0.6 is 12.2 Å². The Balaban J connectivity index is -0.0000000200. The van der Waals surface area contributed by atoms with E-state index < -0.39 is 0 Å². The molecule has 0 fully saturated rings. The zero-order valence-corrected chi connectivity index (χ0v) is 4.72. The van der Waals surface area contributed by atoms with E-state index in [1.54, 1.807) is 0 Å². The van der Waals surface area contributed by atoms with Gasteiger partial charge in [-0.05, 0) is 0 Å². The quantitative estimate of drug-likeness (QED) is 0.305. The van der Waals surface area contributed by atoms with E-state index in [4.69, 9.17) is 5.41 Å². The third-order valence-electron chi connectivity index (χ3n) is 0. The van der Waals surface area contributed by atoms with E-state index in [0.29, 0.717) is 0 Å². The average Bonchev–Trinajstić information content (AvgIpc) is 0.918. The molecule has 1 nitrogen and oxygen atoms in total. The fraction of sp³-hybridized carbons (Fsp3) is 0. The van der Waals surface area contributed by atoms with Crippen LogP contribution in [0.3, 0.4) is 0 Å². The molecule has 0 atom stereocenters. The maximum Gasteiger partial charge on any atom is 1.00 e. The SMILES string of the molecule is [Cu+].[N-]=C=S.[Ni]. The summed E-state index contributed by atoms with van der Waals surface area (Å²) in [4.78, 5) is 0. The van der Waals surface area contributed by atoms with Crippen LogP contribution in [0.1, 0.15) is 0 Å². The van der Waals surface area contributed by atoms with E-state index in [1.807, 2.05) is 0 Å². The van der Waals surface area contributed by atoms with Gasteiger partial charge in [0.1, 0.15) is 0 Å². The van der Waals surface area contributed by atoms with Crippen molar-refractivity contribution in [3.63, 3.8) is 0 Å². The molecule has 4 heteroatoms. The second-order valence-corrected chi connectivity index (χ2v) is 0.274. The molecule has 36 valence electrons. The summed E-state index contributed by atoms with van der Waals surface area (Å²) in [6.07, 6.45) is 0. The minimum atomic E-state index is 0. The molecule has 0 amide bonds. The van der Waals surface area contributed by atoms with Crippen LogP contribution in [0.4, 0.5) is 0 Å². The van der Waals surface area contributed by atoms with Gasteiger partial charge >= 0.3 is 17.1 Å². The Morgan fingerprint density at radius 3 is 1.60 bits per heavy atom. The van der Waals surface area contributed by atoms with Gasteiger partial charge in [-0.25, -0.2) is 0 Å². The Kier molecular flexibility index (Phi) is 72.5. The first-order chi connectivity index (χ1) is 1.41. The summed E-state index contributed by atoms with van der Waals surface area (Å²) in [6.45, 7) is 0. The second kappa shape index (κ2) is 21.3. The van der Waals surface area contributed by atoms with E-state index in [0.717, 1.165) is 0 Å². The molecular formula is CCuNNiS. The molecule has 0 heterocycles. The Labute approximate surface area is 56.4 Å². The largest absolute Gasteiger partial charge is 1.00 e. The molecule has 0 aromatic rings. The van der Waals surface area contributed by atoms with Gasteiger partial charge in [0.05, 0.1) is 0 Å². The summed E-state index contributed by atoms with van der Waals surface area (Å²) in [5.41, 5.74) is 0.